The molecule has 3 heterocycles. The van der Waals surface area contributed by atoms with Crippen molar-refractivity contribution in [1.29, 1.82) is 0 Å². The molecule has 0 radical (unpaired) electrons. The third-order valence-corrected chi connectivity index (χ3v) is 5.08. The van der Waals surface area contributed by atoms with E-state index in [-0.39, 0.29) is 0 Å². The first-order valence-electron chi connectivity index (χ1n) is 8.86. The van der Waals surface area contributed by atoms with E-state index >= 15 is 0 Å². The summed E-state index contributed by atoms with van der Waals surface area (Å²) >= 11 is 0. The fraction of sp³-hybridized carbons (Fsp3) is 0.300. The van der Waals surface area contributed by atoms with Crippen LogP contribution in [0.4, 0.5) is 0 Å². The molecule has 26 heavy (non-hydrogen) atoms. The number of hydrogen-bond donors (Lipinski definition) is 2. The molecule has 2 N–H and O–H groups in total. The van der Waals surface area contributed by atoms with Gasteiger partial charge in [-0.05, 0) is 23.8 Å². The van der Waals surface area contributed by atoms with Crippen LogP contribution >= 0.6 is 0 Å². The maximum absolute atomic E-state index is 12.0. The van der Waals surface area contributed by atoms with E-state index in [1.165, 1.54) is 5.56 Å². The lowest BCUT2D eigenvalue weighted by Gasteiger charge is -2.37. The van der Waals surface area contributed by atoms with Crippen molar-refractivity contribution in [2.24, 2.45) is 0 Å². The number of aromatic amines is 1. The number of para-hydroxylation sites is 1. The summed E-state index contributed by atoms with van der Waals surface area (Å²) in [5, 5.41) is 10.9. The summed E-state index contributed by atoms with van der Waals surface area (Å²) in [6, 6.07) is 11.3. The second-order valence-electron chi connectivity index (χ2n) is 6.70. The topological polar surface area (TPSA) is 72.5 Å². The van der Waals surface area contributed by atoms with Crippen LogP contribution in [0.15, 0.2) is 55.0 Å². The Kier molecular flexibility index (Phi) is 4.69. The number of nitrogens with one attached hydrogen (secondary N) is 1. The van der Waals surface area contributed by atoms with Crippen LogP contribution < -0.4 is 0 Å². The first kappa shape index (κ1) is 16.8. The molecule has 1 aliphatic rings. The Morgan fingerprint density at radius 2 is 1.85 bits per heavy atom. The fourth-order valence-electron chi connectivity index (χ4n) is 3.73. The zero-order chi connectivity index (χ0) is 17.9. The third kappa shape index (κ3) is 3.34. The van der Waals surface area contributed by atoms with Gasteiger partial charge in [0.2, 0.25) is 0 Å². The number of piperazine rings is 1. The molecular formula is C20H22N4O2. The van der Waals surface area contributed by atoms with Crippen molar-refractivity contribution < 1.29 is 9.90 Å². The van der Waals surface area contributed by atoms with Gasteiger partial charge in [0.05, 0.1) is 0 Å². The van der Waals surface area contributed by atoms with Crippen LogP contribution in [-0.4, -0.2) is 57.0 Å². The van der Waals surface area contributed by atoms with Gasteiger partial charge in [-0.1, -0.05) is 18.2 Å². The van der Waals surface area contributed by atoms with E-state index in [2.05, 4.69) is 19.8 Å². The molecule has 0 amide bonds. The van der Waals surface area contributed by atoms with Crippen molar-refractivity contribution in [3.05, 3.63) is 66.1 Å². The average molecular weight is 350 g/mol. The number of pyridine rings is 1. The number of H-pyrrole nitrogens is 1. The smallest absolute Gasteiger partial charge is 0.325 e. The molecule has 6 heteroatoms. The van der Waals surface area contributed by atoms with Crippen molar-refractivity contribution >= 4 is 16.9 Å². The highest BCUT2D eigenvalue weighted by molar-refractivity contribution is 5.89. The van der Waals surface area contributed by atoms with Gasteiger partial charge >= 0.3 is 5.97 Å². The largest absolute Gasteiger partial charge is 0.480 e. The summed E-state index contributed by atoms with van der Waals surface area (Å²) in [5.41, 5.74) is 3.06. The van der Waals surface area contributed by atoms with Crippen LogP contribution in [0.1, 0.15) is 17.2 Å². The number of aromatic nitrogens is 2. The Morgan fingerprint density at radius 1 is 1.12 bits per heavy atom. The Morgan fingerprint density at radius 3 is 2.58 bits per heavy atom. The average Bonchev–Trinajstić information content (AvgIpc) is 3.08. The van der Waals surface area contributed by atoms with E-state index in [4.69, 9.17) is 0 Å². The molecular weight excluding hydrogens is 328 g/mol. The van der Waals surface area contributed by atoms with Gasteiger partial charge in [-0.3, -0.25) is 19.6 Å². The zero-order valence-corrected chi connectivity index (χ0v) is 14.5. The molecule has 0 saturated carbocycles. The van der Waals surface area contributed by atoms with Crippen molar-refractivity contribution in [2.45, 2.75) is 12.6 Å². The lowest BCUT2D eigenvalue weighted by Crippen LogP contribution is -2.48. The molecule has 1 aliphatic heterocycles. The molecule has 3 aromatic rings. The number of hydrogen-bond acceptors (Lipinski definition) is 4. The maximum atomic E-state index is 12.0. The lowest BCUT2D eigenvalue weighted by molar-refractivity contribution is -0.144. The van der Waals surface area contributed by atoms with Gasteiger partial charge in [-0.15, -0.1) is 0 Å². The molecule has 0 aliphatic carbocycles. The molecule has 0 bridgehead atoms. The molecule has 1 atom stereocenters. The number of aliphatic carboxylic acids is 1. The Labute approximate surface area is 152 Å². The van der Waals surface area contributed by atoms with Gasteiger partial charge in [0.15, 0.2) is 0 Å². The Hall–Kier alpha value is -2.70. The van der Waals surface area contributed by atoms with E-state index in [1.54, 1.807) is 0 Å². The summed E-state index contributed by atoms with van der Waals surface area (Å²) in [7, 11) is 0. The Bertz CT molecular complexity index is 885. The standard InChI is InChI=1S/C20H22N4O2/c25-20(26)19(17-13-22-18-4-2-1-3-16(17)18)24-11-9-23(10-12-24)14-15-5-7-21-8-6-15/h1-8,13,19,22H,9-12,14H2,(H,25,26). The summed E-state index contributed by atoms with van der Waals surface area (Å²) < 4.78 is 0. The molecule has 1 saturated heterocycles. The van der Waals surface area contributed by atoms with E-state index < -0.39 is 12.0 Å². The second kappa shape index (κ2) is 7.27. The predicted molar refractivity (Wildman–Crippen MR) is 99.8 cm³/mol. The van der Waals surface area contributed by atoms with E-state index in [9.17, 15) is 9.90 Å². The highest BCUT2D eigenvalue weighted by Crippen LogP contribution is 2.29. The van der Waals surface area contributed by atoms with Crippen LogP contribution in [0, 0.1) is 0 Å². The predicted octanol–water partition coefficient (Wildman–Crippen LogP) is 2.51. The molecule has 1 fully saturated rings. The SMILES string of the molecule is O=C(O)C(c1c[nH]c2ccccc12)N1CCN(Cc2ccncc2)CC1. The molecule has 1 unspecified atom stereocenters. The van der Waals surface area contributed by atoms with Crippen molar-refractivity contribution in [3.63, 3.8) is 0 Å². The molecule has 134 valence electrons. The molecule has 6 nitrogen and oxygen atoms in total. The van der Waals surface area contributed by atoms with Crippen LogP contribution in [0.25, 0.3) is 10.9 Å². The quantitative estimate of drug-likeness (QED) is 0.740. The summed E-state index contributed by atoms with van der Waals surface area (Å²) in [5.74, 6) is -0.794. The van der Waals surface area contributed by atoms with E-state index in [0.717, 1.165) is 49.2 Å². The Balaban J connectivity index is 1.48. The number of nitrogens with zero attached hydrogens (tertiary/aromatic N) is 3. The number of carboxylic acids is 1. The first-order valence-corrected chi connectivity index (χ1v) is 8.86. The minimum absolute atomic E-state index is 0.616. The second-order valence-corrected chi connectivity index (χ2v) is 6.70. The molecule has 2 aromatic heterocycles. The van der Waals surface area contributed by atoms with Crippen LogP contribution in [0.5, 0.6) is 0 Å². The van der Waals surface area contributed by atoms with Gasteiger partial charge in [0.1, 0.15) is 6.04 Å². The van der Waals surface area contributed by atoms with Crippen LogP contribution in [0.3, 0.4) is 0 Å². The number of benzene rings is 1. The zero-order valence-electron chi connectivity index (χ0n) is 14.5. The van der Waals surface area contributed by atoms with Gasteiger partial charge in [0.25, 0.3) is 0 Å². The van der Waals surface area contributed by atoms with E-state index in [1.807, 2.05) is 55.0 Å². The normalized spacial score (nSPS) is 17.4. The number of rotatable bonds is 5. The summed E-state index contributed by atoms with van der Waals surface area (Å²) in [6.07, 6.45) is 5.46. The fourth-order valence-corrected chi connectivity index (χ4v) is 3.73. The highest BCUT2D eigenvalue weighted by Gasteiger charge is 2.31. The molecule has 0 spiro atoms. The van der Waals surface area contributed by atoms with E-state index in [0.29, 0.717) is 0 Å². The molecule has 1 aromatic carbocycles. The summed E-state index contributed by atoms with van der Waals surface area (Å²) in [4.78, 5) is 23.7. The van der Waals surface area contributed by atoms with Gasteiger partial charge in [-0.25, -0.2) is 0 Å². The van der Waals surface area contributed by atoms with Gasteiger partial charge < -0.3 is 10.1 Å². The number of carbonyl (C=O) groups is 1. The number of fused-ring (bicyclic) bond motifs is 1. The lowest BCUT2D eigenvalue weighted by atomic mass is 10.0. The minimum atomic E-state index is -0.794. The minimum Gasteiger partial charge on any atom is -0.480 e. The van der Waals surface area contributed by atoms with Crippen molar-refractivity contribution in [2.75, 3.05) is 26.2 Å². The third-order valence-electron chi connectivity index (χ3n) is 5.08. The van der Waals surface area contributed by atoms with Gasteiger partial charge in [0, 0.05) is 67.8 Å². The highest BCUT2D eigenvalue weighted by atomic mass is 16.4. The van der Waals surface area contributed by atoms with Crippen molar-refractivity contribution in [3.8, 4) is 0 Å². The monoisotopic (exact) mass is 350 g/mol. The van der Waals surface area contributed by atoms with Crippen molar-refractivity contribution in [1.82, 2.24) is 19.8 Å². The number of carboxylic acid groups (broad SMARTS) is 1. The van der Waals surface area contributed by atoms with Gasteiger partial charge in [-0.2, -0.15) is 0 Å². The summed E-state index contributed by atoms with van der Waals surface area (Å²) in [6.45, 7) is 4.06. The van der Waals surface area contributed by atoms with Crippen LogP contribution in [0.2, 0.25) is 0 Å². The molecule has 4 rings (SSSR count). The maximum Gasteiger partial charge on any atom is 0.325 e. The first-order chi connectivity index (χ1) is 12.7. The van der Waals surface area contributed by atoms with Crippen LogP contribution in [-0.2, 0) is 11.3 Å².